The van der Waals surface area contributed by atoms with Crippen molar-refractivity contribution in [2.75, 3.05) is 25.5 Å². The number of anilines is 1. The Morgan fingerprint density at radius 2 is 1.95 bits per heavy atom. The first kappa shape index (κ1) is 15.9. The summed E-state index contributed by atoms with van der Waals surface area (Å²) in [4.78, 5) is 27.5. The van der Waals surface area contributed by atoms with E-state index in [9.17, 15) is 9.59 Å². The van der Waals surface area contributed by atoms with Crippen LogP contribution in [0.25, 0.3) is 0 Å². The highest BCUT2D eigenvalue weighted by atomic mass is 16.2. The average Bonchev–Trinajstić information content (AvgIpc) is 2.41. The molecule has 0 bridgehead atoms. The van der Waals surface area contributed by atoms with E-state index in [1.54, 1.807) is 25.4 Å². The van der Waals surface area contributed by atoms with Gasteiger partial charge in [0.05, 0.1) is 5.56 Å². The molecule has 0 aliphatic heterocycles. The smallest absolute Gasteiger partial charge is 0.254 e. The Bertz CT molecular complexity index is 480. The van der Waals surface area contributed by atoms with Crippen molar-refractivity contribution in [2.24, 2.45) is 5.41 Å². The highest BCUT2D eigenvalue weighted by Crippen LogP contribution is 2.12. The molecule has 0 saturated carbocycles. The van der Waals surface area contributed by atoms with Crippen LogP contribution in [-0.2, 0) is 4.79 Å². The molecule has 0 aliphatic rings. The number of carbonyl (C=O) groups is 2. The number of amides is 2. The zero-order chi connectivity index (χ0) is 15.2. The van der Waals surface area contributed by atoms with Crippen LogP contribution in [0.15, 0.2) is 18.3 Å². The predicted octanol–water partition coefficient (Wildman–Crippen LogP) is 1.02. The normalized spacial score (nSPS) is 10.8. The molecular formula is C14H22N4O2. The molecule has 1 aromatic rings. The molecule has 6 heteroatoms. The van der Waals surface area contributed by atoms with Crippen molar-refractivity contribution in [3.05, 3.63) is 23.9 Å². The number of hydrogen-bond donors (Lipinski definition) is 3. The van der Waals surface area contributed by atoms with Gasteiger partial charge in [-0.1, -0.05) is 20.8 Å². The number of hydrogen-bond acceptors (Lipinski definition) is 4. The van der Waals surface area contributed by atoms with Gasteiger partial charge >= 0.3 is 0 Å². The molecule has 2 amide bonds. The number of nitrogens with zero attached hydrogens (tertiary/aromatic N) is 1. The molecular weight excluding hydrogens is 256 g/mol. The fourth-order valence-electron chi connectivity index (χ4n) is 1.49. The zero-order valence-corrected chi connectivity index (χ0v) is 12.4. The molecule has 6 nitrogen and oxygen atoms in total. The second kappa shape index (κ2) is 6.88. The van der Waals surface area contributed by atoms with Gasteiger partial charge in [0, 0.05) is 31.7 Å². The summed E-state index contributed by atoms with van der Waals surface area (Å²) in [5, 5.41) is 8.44. The van der Waals surface area contributed by atoms with Gasteiger partial charge < -0.3 is 16.0 Å². The standard InChI is InChI=1S/C14H22N4O2/c1-14(2,3)13(20)18-9-8-17-11-10(12(19)15-4)6-5-7-16-11/h5-7H,8-9H2,1-4H3,(H,15,19)(H,16,17)(H,18,20). The van der Waals surface area contributed by atoms with Gasteiger partial charge in [-0.2, -0.15) is 0 Å². The first-order chi connectivity index (χ1) is 9.36. The summed E-state index contributed by atoms with van der Waals surface area (Å²) < 4.78 is 0. The molecule has 1 rings (SSSR count). The maximum Gasteiger partial charge on any atom is 0.254 e. The summed E-state index contributed by atoms with van der Waals surface area (Å²) in [6.07, 6.45) is 1.61. The topological polar surface area (TPSA) is 83.1 Å². The minimum Gasteiger partial charge on any atom is -0.368 e. The van der Waals surface area contributed by atoms with Gasteiger partial charge in [0.1, 0.15) is 5.82 Å². The largest absolute Gasteiger partial charge is 0.368 e. The molecule has 0 radical (unpaired) electrons. The maximum absolute atomic E-state index is 11.7. The van der Waals surface area contributed by atoms with Crippen LogP contribution >= 0.6 is 0 Å². The molecule has 0 unspecified atom stereocenters. The van der Waals surface area contributed by atoms with Crippen LogP contribution in [-0.4, -0.2) is 36.9 Å². The minimum absolute atomic E-state index is 0.00755. The zero-order valence-electron chi connectivity index (χ0n) is 12.4. The van der Waals surface area contributed by atoms with E-state index in [1.807, 2.05) is 20.8 Å². The number of rotatable bonds is 5. The Kier molecular flexibility index (Phi) is 5.49. The monoisotopic (exact) mass is 278 g/mol. The minimum atomic E-state index is -0.405. The van der Waals surface area contributed by atoms with E-state index in [4.69, 9.17) is 0 Å². The van der Waals surface area contributed by atoms with E-state index in [0.29, 0.717) is 24.5 Å². The van der Waals surface area contributed by atoms with Crippen LogP contribution in [0.3, 0.4) is 0 Å². The number of nitrogens with one attached hydrogen (secondary N) is 3. The lowest BCUT2D eigenvalue weighted by atomic mass is 9.96. The van der Waals surface area contributed by atoms with Crippen LogP contribution in [0.2, 0.25) is 0 Å². The van der Waals surface area contributed by atoms with Crippen LogP contribution in [0.4, 0.5) is 5.82 Å². The summed E-state index contributed by atoms with van der Waals surface area (Å²) in [7, 11) is 1.57. The average molecular weight is 278 g/mol. The molecule has 3 N–H and O–H groups in total. The van der Waals surface area contributed by atoms with Gasteiger partial charge in [-0.25, -0.2) is 4.98 Å². The Morgan fingerprint density at radius 1 is 1.25 bits per heavy atom. The van der Waals surface area contributed by atoms with Crippen molar-refractivity contribution in [1.29, 1.82) is 0 Å². The van der Waals surface area contributed by atoms with E-state index < -0.39 is 5.41 Å². The molecule has 0 aromatic carbocycles. The van der Waals surface area contributed by atoms with E-state index in [-0.39, 0.29) is 11.8 Å². The lowest BCUT2D eigenvalue weighted by molar-refractivity contribution is -0.128. The van der Waals surface area contributed by atoms with E-state index in [0.717, 1.165) is 0 Å². The molecule has 0 aliphatic carbocycles. The molecule has 1 aromatic heterocycles. The fourth-order valence-corrected chi connectivity index (χ4v) is 1.49. The Hall–Kier alpha value is -2.11. The Labute approximate surface area is 119 Å². The third-order valence-corrected chi connectivity index (χ3v) is 2.66. The third-order valence-electron chi connectivity index (χ3n) is 2.66. The van der Waals surface area contributed by atoms with Gasteiger partial charge in [-0.3, -0.25) is 9.59 Å². The summed E-state index contributed by atoms with van der Waals surface area (Å²) in [5.74, 6) is 0.308. The van der Waals surface area contributed by atoms with Crippen molar-refractivity contribution in [3.63, 3.8) is 0 Å². The maximum atomic E-state index is 11.7. The summed E-state index contributed by atoms with van der Waals surface area (Å²) in [5.41, 5.74) is 0.0790. The predicted molar refractivity (Wildman–Crippen MR) is 78.6 cm³/mol. The van der Waals surface area contributed by atoms with Gasteiger partial charge in [0.15, 0.2) is 0 Å². The highest BCUT2D eigenvalue weighted by Gasteiger charge is 2.20. The quantitative estimate of drug-likeness (QED) is 0.702. The first-order valence-electron chi connectivity index (χ1n) is 6.55. The molecule has 1 heterocycles. The highest BCUT2D eigenvalue weighted by molar-refractivity contribution is 5.98. The van der Waals surface area contributed by atoms with Crippen molar-refractivity contribution < 1.29 is 9.59 Å². The van der Waals surface area contributed by atoms with Crippen molar-refractivity contribution >= 4 is 17.6 Å². The van der Waals surface area contributed by atoms with E-state index in [2.05, 4.69) is 20.9 Å². The van der Waals surface area contributed by atoms with Crippen LogP contribution in [0.1, 0.15) is 31.1 Å². The molecule has 0 saturated heterocycles. The molecule has 0 spiro atoms. The first-order valence-corrected chi connectivity index (χ1v) is 6.55. The number of aromatic nitrogens is 1. The molecule has 110 valence electrons. The van der Waals surface area contributed by atoms with Crippen molar-refractivity contribution in [3.8, 4) is 0 Å². The summed E-state index contributed by atoms with van der Waals surface area (Å²) in [6.45, 7) is 6.55. The lowest BCUT2D eigenvalue weighted by Crippen LogP contribution is -2.37. The molecule has 20 heavy (non-hydrogen) atoms. The number of carbonyl (C=O) groups excluding carboxylic acids is 2. The van der Waals surface area contributed by atoms with Crippen LogP contribution in [0, 0.1) is 5.41 Å². The summed E-state index contributed by atoms with van der Waals surface area (Å²) in [6, 6.07) is 3.40. The van der Waals surface area contributed by atoms with Gasteiger partial charge in [-0.15, -0.1) is 0 Å². The van der Waals surface area contributed by atoms with Crippen molar-refractivity contribution in [2.45, 2.75) is 20.8 Å². The van der Waals surface area contributed by atoms with Crippen molar-refractivity contribution in [1.82, 2.24) is 15.6 Å². The second-order valence-corrected chi connectivity index (χ2v) is 5.41. The van der Waals surface area contributed by atoms with Crippen LogP contribution < -0.4 is 16.0 Å². The summed E-state index contributed by atoms with van der Waals surface area (Å²) >= 11 is 0. The van der Waals surface area contributed by atoms with Gasteiger partial charge in [0.2, 0.25) is 5.91 Å². The Morgan fingerprint density at radius 3 is 2.55 bits per heavy atom. The van der Waals surface area contributed by atoms with E-state index >= 15 is 0 Å². The fraction of sp³-hybridized carbons (Fsp3) is 0.500. The third kappa shape index (κ3) is 4.53. The number of pyridine rings is 1. The van der Waals surface area contributed by atoms with Gasteiger partial charge in [0.25, 0.3) is 5.91 Å². The molecule has 0 atom stereocenters. The SMILES string of the molecule is CNC(=O)c1cccnc1NCCNC(=O)C(C)(C)C. The molecule has 0 fully saturated rings. The second-order valence-electron chi connectivity index (χ2n) is 5.41. The van der Waals surface area contributed by atoms with Gasteiger partial charge in [-0.05, 0) is 12.1 Å². The van der Waals surface area contributed by atoms with E-state index in [1.165, 1.54) is 0 Å². The van der Waals surface area contributed by atoms with Crippen LogP contribution in [0.5, 0.6) is 0 Å². The Balaban J connectivity index is 2.51. The lowest BCUT2D eigenvalue weighted by Gasteiger charge is -2.18.